The van der Waals surface area contributed by atoms with Gasteiger partial charge in [-0.15, -0.1) is 0 Å². The van der Waals surface area contributed by atoms with Gasteiger partial charge in [-0.05, 0) is 25.0 Å². The third-order valence-electron chi connectivity index (χ3n) is 6.02. The molecule has 5 nitrogen and oxygen atoms in total. The summed E-state index contributed by atoms with van der Waals surface area (Å²) in [4.78, 5) is 14.4. The van der Waals surface area contributed by atoms with Gasteiger partial charge in [-0.1, -0.05) is 129 Å². The van der Waals surface area contributed by atoms with E-state index in [1.165, 1.54) is 32.1 Å². The first kappa shape index (κ1) is 25.1. The fourth-order valence-corrected chi connectivity index (χ4v) is 4.16. The Morgan fingerprint density at radius 1 is 0.500 bits per heavy atom. The molecule has 184 valence electrons. The first-order valence-electron chi connectivity index (χ1n) is 12.9. The van der Waals surface area contributed by atoms with Crippen molar-refractivity contribution in [3.05, 3.63) is 109 Å². The molecule has 0 spiro atoms. The Morgan fingerprint density at radius 2 is 0.972 bits per heavy atom. The SMILES string of the molecule is c1ccccc(Nc2nc(NC3CCCCCCC3)nc(-c3ccccccccc3)n2)cccc1. The molecule has 0 aliphatic heterocycles. The molecule has 1 fully saturated rings. The number of nitrogens with one attached hydrogen (secondary N) is 2. The van der Waals surface area contributed by atoms with Crippen molar-refractivity contribution < 1.29 is 0 Å². The van der Waals surface area contributed by atoms with Crippen LogP contribution in [0.25, 0.3) is 11.4 Å². The Bertz CT molecular complexity index is 1150. The largest absolute Gasteiger partial charge is 0.351 e. The highest BCUT2D eigenvalue weighted by molar-refractivity contribution is 5.60. The fraction of sp³-hybridized carbons (Fsp3) is 0.258. The van der Waals surface area contributed by atoms with E-state index < -0.39 is 0 Å². The second-order valence-electron chi connectivity index (χ2n) is 8.89. The lowest BCUT2D eigenvalue weighted by molar-refractivity contribution is 0.470. The topological polar surface area (TPSA) is 62.7 Å². The summed E-state index contributed by atoms with van der Waals surface area (Å²) in [6, 6.07) is 36.4. The minimum atomic E-state index is 0.377. The molecule has 1 aliphatic carbocycles. The Balaban J connectivity index is 1.72. The molecular formula is C31H35N5. The molecule has 0 bridgehead atoms. The molecule has 1 aromatic heterocycles. The zero-order chi connectivity index (χ0) is 24.7. The lowest BCUT2D eigenvalue weighted by atomic mass is 9.97. The van der Waals surface area contributed by atoms with E-state index >= 15 is 0 Å². The highest BCUT2D eigenvalue weighted by Gasteiger charge is 2.15. The molecule has 0 atom stereocenters. The van der Waals surface area contributed by atoms with Crippen LogP contribution >= 0.6 is 0 Å². The van der Waals surface area contributed by atoms with Crippen LogP contribution in [0.2, 0.25) is 0 Å². The van der Waals surface area contributed by atoms with Crippen LogP contribution in [0.4, 0.5) is 17.6 Å². The number of nitrogens with zero attached hydrogens (tertiary/aromatic N) is 3. The molecule has 1 saturated carbocycles. The average Bonchev–Trinajstić information content (AvgIpc) is 2.88. The van der Waals surface area contributed by atoms with Gasteiger partial charge in [-0.25, -0.2) is 0 Å². The van der Waals surface area contributed by atoms with Crippen molar-refractivity contribution in [3.8, 4) is 11.4 Å². The predicted octanol–water partition coefficient (Wildman–Crippen LogP) is 8.06. The van der Waals surface area contributed by atoms with Crippen molar-refractivity contribution in [3.63, 3.8) is 0 Å². The Morgan fingerprint density at radius 3 is 1.56 bits per heavy atom. The summed E-state index contributed by atoms with van der Waals surface area (Å²) in [7, 11) is 0. The maximum atomic E-state index is 4.84. The van der Waals surface area contributed by atoms with Gasteiger partial charge in [0.25, 0.3) is 0 Å². The first-order chi connectivity index (χ1) is 17.9. The highest BCUT2D eigenvalue weighted by atomic mass is 15.2. The smallest absolute Gasteiger partial charge is 0.232 e. The molecule has 0 amide bonds. The molecule has 1 aliphatic rings. The van der Waals surface area contributed by atoms with Crippen LogP contribution in [-0.2, 0) is 0 Å². The molecule has 0 saturated heterocycles. The van der Waals surface area contributed by atoms with Crippen LogP contribution in [0.1, 0.15) is 44.9 Å². The monoisotopic (exact) mass is 477 g/mol. The van der Waals surface area contributed by atoms with Crippen molar-refractivity contribution in [2.45, 2.75) is 51.0 Å². The second kappa shape index (κ2) is 14.4. The zero-order valence-corrected chi connectivity index (χ0v) is 20.8. The van der Waals surface area contributed by atoms with E-state index in [0.717, 1.165) is 24.1 Å². The molecule has 36 heavy (non-hydrogen) atoms. The molecule has 0 radical (unpaired) electrons. The molecule has 5 heteroatoms. The number of hydrogen-bond donors (Lipinski definition) is 2. The van der Waals surface area contributed by atoms with E-state index in [1.54, 1.807) is 0 Å². The maximum Gasteiger partial charge on any atom is 0.232 e. The van der Waals surface area contributed by atoms with Crippen LogP contribution in [0.3, 0.4) is 0 Å². The van der Waals surface area contributed by atoms with Gasteiger partial charge in [0.05, 0.1) is 0 Å². The van der Waals surface area contributed by atoms with E-state index in [2.05, 4.69) is 10.6 Å². The van der Waals surface area contributed by atoms with Crippen molar-refractivity contribution in [2.75, 3.05) is 10.6 Å². The summed E-state index contributed by atoms with van der Waals surface area (Å²) in [5.41, 5.74) is 1.81. The van der Waals surface area contributed by atoms with Crippen molar-refractivity contribution in [1.29, 1.82) is 0 Å². The van der Waals surface area contributed by atoms with Gasteiger partial charge in [0, 0.05) is 17.3 Å². The van der Waals surface area contributed by atoms with Crippen LogP contribution in [0.5, 0.6) is 0 Å². The van der Waals surface area contributed by atoms with Crippen LogP contribution in [0.15, 0.2) is 109 Å². The van der Waals surface area contributed by atoms with E-state index in [4.69, 9.17) is 15.0 Å². The number of rotatable bonds is 5. The van der Waals surface area contributed by atoms with Gasteiger partial charge < -0.3 is 10.6 Å². The number of anilines is 3. The molecular weight excluding hydrogens is 442 g/mol. The summed E-state index contributed by atoms with van der Waals surface area (Å²) in [6.45, 7) is 0. The Hall–Kier alpha value is -3.99. The second-order valence-corrected chi connectivity index (χ2v) is 8.89. The third-order valence-corrected chi connectivity index (χ3v) is 6.02. The zero-order valence-electron chi connectivity index (χ0n) is 20.8. The van der Waals surface area contributed by atoms with E-state index in [9.17, 15) is 0 Å². The Kier molecular flexibility index (Phi) is 10.1. The molecule has 2 N–H and O–H groups in total. The minimum Gasteiger partial charge on any atom is -0.351 e. The predicted molar refractivity (Wildman–Crippen MR) is 150 cm³/mol. The lowest BCUT2D eigenvalue weighted by Gasteiger charge is -2.21. The average molecular weight is 478 g/mol. The summed E-state index contributed by atoms with van der Waals surface area (Å²) >= 11 is 0. The highest BCUT2D eigenvalue weighted by Crippen LogP contribution is 2.23. The molecule has 2 aromatic carbocycles. The quantitative estimate of drug-likeness (QED) is 0.389. The van der Waals surface area contributed by atoms with Crippen LogP contribution < -0.4 is 10.6 Å². The third kappa shape index (κ3) is 8.66. The molecule has 3 aromatic rings. The standard InChI is InChI=1S/C31H35N5/c1-3-8-14-20-26(21-15-9-4-1)29-34-30(32-27-22-16-10-5-2-6-11-17-23-27)36-31(35-29)33-28-24-18-12-7-13-19-25-28/h1-6,8-11,14-17,20-23,28H,7,12-13,18-19,24-25H2,(H2,32,33,34,35,36). The number of aromatic nitrogens is 3. The summed E-state index contributed by atoms with van der Waals surface area (Å²) in [5, 5.41) is 7.02. The van der Waals surface area contributed by atoms with E-state index in [1.807, 2.05) is 109 Å². The number of hydrogen-bond acceptors (Lipinski definition) is 5. The summed E-state index contributed by atoms with van der Waals surface area (Å²) in [6.07, 6.45) is 8.72. The van der Waals surface area contributed by atoms with Crippen molar-refractivity contribution in [1.82, 2.24) is 15.0 Å². The summed E-state index contributed by atoms with van der Waals surface area (Å²) in [5.74, 6) is 1.75. The van der Waals surface area contributed by atoms with Crippen molar-refractivity contribution >= 4 is 17.6 Å². The molecule has 0 unspecified atom stereocenters. The lowest BCUT2D eigenvalue weighted by Crippen LogP contribution is -2.22. The van der Waals surface area contributed by atoms with E-state index in [0.29, 0.717) is 23.8 Å². The maximum absolute atomic E-state index is 4.84. The normalized spacial score (nSPS) is 13.8. The fourth-order valence-electron chi connectivity index (χ4n) is 4.16. The van der Waals surface area contributed by atoms with Crippen molar-refractivity contribution in [2.24, 2.45) is 0 Å². The molecule has 1 heterocycles. The van der Waals surface area contributed by atoms with Gasteiger partial charge in [0.1, 0.15) is 0 Å². The Labute approximate surface area is 214 Å². The van der Waals surface area contributed by atoms with Gasteiger partial charge in [-0.2, -0.15) is 15.0 Å². The first-order valence-corrected chi connectivity index (χ1v) is 12.9. The van der Waals surface area contributed by atoms with E-state index in [-0.39, 0.29) is 0 Å². The van der Waals surface area contributed by atoms with Crippen LogP contribution in [-0.4, -0.2) is 21.0 Å². The van der Waals surface area contributed by atoms with Gasteiger partial charge in [0.15, 0.2) is 5.82 Å². The summed E-state index contributed by atoms with van der Waals surface area (Å²) < 4.78 is 0. The van der Waals surface area contributed by atoms with Crippen LogP contribution in [0, 0.1) is 0 Å². The van der Waals surface area contributed by atoms with Gasteiger partial charge in [-0.3, -0.25) is 0 Å². The molecule has 4 rings (SSSR count). The van der Waals surface area contributed by atoms with Gasteiger partial charge >= 0.3 is 0 Å². The minimum absolute atomic E-state index is 0.377. The van der Waals surface area contributed by atoms with Gasteiger partial charge in [0.2, 0.25) is 11.9 Å².